The van der Waals surface area contributed by atoms with Crippen molar-refractivity contribution in [3.8, 4) is 22.5 Å². The summed E-state index contributed by atoms with van der Waals surface area (Å²) in [7, 11) is 3.28. The minimum absolute atomic E-state index is 0.0678. The van der Waals surface area contributed by atoms with E-state index in [1.165, 1.54) is 27.3 Å². The van der Waals surface area contributed by atoms with Crippen LogP contribution in [0.3, 0.4) is 0 Å². The monoisotopic (exact) mass is 937 g/mol. The molecule has 16 nitrogen and oxygen atoms in total. The van der Waals surface area contributed by atoms with Gasteiger partial charge in [-0.1, -0.05) is 40.3 Å². The van der Waals surface area contributed by atoms with Crippen molar-refractivity contribution in [3.05, 3.63) is 70.8 Å². The number of carbonyl (C=O) groups is 5. The van der Waals surface area contributed by atoms with E-state index in [1.54, 1.807) is 30.2 Å². The van der Waals surface area contributed by atoms with Gasteiger partial charge < -0.3 is 34.1 Å². The molecule has 0 spiro atoms. The normalized spacial score (nSPS) is 22.2. The Morgan fingerprint density at radius 2 is 1.85 bits per heavy atom. The number of aromatic nitrogens is 3. The number of esters is 1. The van der Waals surface area contributed by atoms with Crippen molar-refractivity contribution in [2.24, 2.45) is 11.3 Å². The number of likely N-dealkylation sites (N-methyl/N-ethyl adjacent to an activating group) is 1. The Balaban J connectivity index is 1.26. The summed E-state index contributed by atoms with van der Waals surface area (Å²) in [6.45, 7) is 21.2. The number of methoxy groups -OCH3 is 1. The molecule has 0 saturated carbocycles. The summed E-state index contributed by atoms with van der Waals surface area (Å²) in [5, 5.41) is 8.11. The first-order valence-corrected chi connectivity index (χ1v) is 24.3. The second-order valence-electron chi connectivity index (χ2n) is 19.4. The highest BCUT2D eigenvalue weighted by atomic mass is 32.1. The number of fused-ring (bicyclic) bond motifs is 6. The maximum atomic E-state index is 14.7. The molecule has 7 rings (SSSR count). The van der Waals surface area contributed by atoms with Crippen molar-refractivity contribution in [2.45, 2.75) is 124 Å². The Bertz CT molecular complexity index is 2520. The van der Waals surface area contributed by atoms with Gasteiger partial charge in [0.1, 0.15) is 18.1 Å². The Kier molecular flexibility index (Phi) is 14.9. The number of hydrazine groups is 1. The van der Waals surface area contributed by atoms with E-state index in [0.717, 1.165) is 44.7 Å². The number of carbonyl (C=O) groups excluding carboxylic acids is 5. The van der Waals surface area contributed by atoms with E-state index in [4.69, 9.17) is 19.4 Å². The molecule has 2 N–H and O–H groups in total. The molecule has 1 aromatic carbocycles. The summed E-state index contributed by atoms with van der Waals surface area (Å²) in [5.41, 5.74) is 9.24. The first kappa shape index (κ1) is 49.3. The van der Waals surface area contributed by atoms with Gasteiger partial charge in [-0.2, -0.15) is 0 Å². The van der Waals surface area contributed by atoms with Gasteiger partial charge in [0, 0.05) is 97.9 Å². The average molecular weight is 938 g/mol. The molecule has 6 heterocycles. The van der Waals surface area contributed by atoms with Crippen molar-refractivity contribution >= 4 is 52.0 Å². The molecule has 4 aromatic rings. The molecular formula is C50H67N9O7S. The fourth-order valence-electron chi connectivity index (χ4n) is 9.89. The molecule has 3 aliphatic rings. The van der Waals surface area contributed by atoms with Crippen LogP contribution in [0.1, 0.15) is 90.6 Å². The summed E-state index contributed by atoms with van der Waals surface area (Å²) in [5.74, 6) is -1.92. The number of ether oxygens (including phenoxy) is 2. The molecule has 6 bridgehead atoms. The second kappa shape index (κ2) is 20.3. The van der Waals surface area contributed by atoms with Gasteiger partial charge in [0.15, 0.2) is 0 Å². The quantitative estimate of drug-likeness (QED) is 0.142. The zero-order valence-electron chi connectivity index (χ0n) is 40.6. The highest BCUT2D eigenvalue weighted by Gasteiger charge is 2.41. The zero-order valence-corrected chi connectivity index (χ0v) is 41.4. The topological polar surface area (TPSA) is 172 Å². The SMILES string of the molecule is C=CC(=O)N1C[C@@H](C)N(C(=O)N(C)[C@H](C(=O)N[C@H]2Cc3nc(cs3)-c3ccc4c(c3)c(c(-c3cccnc3[C@H](C)OC)n4CC)CC(C)(C)COC(=O)[C@@H]3CCCN(N3)C2=O)C(C)C)C[C@@H]1C. The summed E-state index contributed by atoms with van der Waals surface area (Å²) in [4.78, 5) is 84.6. The summed E-state index contributed by atoms with van der Waals surface area (Å²) in [6, 6.07) is 6.64. The molecule has 17 heteroatoms. The van der Waals surface area contributed by atoms with Crippen LogP contribution in [-0.4, -0.2) is 135 Å². The summed E-state index contributed by atoms with van der Waals surface area (Å²) in [6.07, 6.45) is 4.45. The number of hydrogen-bond donors (Lipinski definition) is 2. The first-order chi connectivity index (χ1) is 31.9. The van der Waals surface area contributed by atoms with Crippen LogP contribution in [0.5, 0.6) is 0 Å². The van der Waals surface area contributed by atoms with Gasteiger partial charge in [0.05, 0.1) is 34.8 Å². The predicted octanol–water partition coefficient (Wildman–Crippen LogP) is 6.39. The number of thiazole rings is 1. The highest BCUT2D eigenvalue weighted by molar-refractivity contribution is 7.10. The van der Waals surface area contributed by atoms with E-state index in [1.807, 2.05) is 46.1 Å². The molecule has 5 amide bonds. The van der Waals surface area contributed by atoms with E-state index in [9.17, 15) is 24.0 Å². The number of rotatable bonds is 9. The smallest absolute Gasteiger partial charge is 0.324 e. The van der Waals surface area contributed by atoms with Crippen molar-refractivity contribution in [1.82, 2.24) is 45.0 Å². The minimum Gasteiger partial charge on any atom is -0.464 e. The van der Waals surface area contributed by atoms with Crippen LogP contribution in [0.25, 0.3) is 33.4 Å². The molecule has 360 valence electrons. The minimum atomic E-state index is -1.10. The second-order valence-corrected chi connectivity index (χ2v) is 20.3. The number of nitrogens with one attached hydrogen (secondary N) is 2. The number of amides is 5. The lowest BCUT2D eigenvalue weighted by atomic mass is 9.84. The number of urea groups is 1. The molecule has 6 atom stereocenters. The number of aryl methyl sites for hydroxylation is 1. The fourth-order valence-corrected chi connectivity index (χ4v) is 10.7. The van der Waals surface area contributed by atoms with Gasteiger partial charge in [0.2, 0.25) is 11.8 Å². The summed E-state index contributed by atoms with van der Waals surface area (Å²) >= 11 is 1.40. The van der Waals surface area contributed by atoms with Gasteiger partial charge in [-0.25, -0.2) is 15.2 Å². The van der Waals surface area contributed by atoms with Gasteiger partial charge >= 0.3 is 12.0 Å². The van der Waals surface area contributed by atoms with Crippen molar-refractivity contribution in [1.29, 1.82) is 0 Å². The van der Waals surface area contributed by atoms with Crippen LogP contribution < -0.4 is 10.7 Å². The molecule has 67 heavy (non-hydrogen) atoms. The lowest BCUT2D eigenvalue weighted by Crippen LogP contribution is -2.64. The van der Waals surface area contributed by atoms with Crippen molar-refractivity contribution in [3.63, 3.8) is 0 Å². The van der Waals surface area contributed by atoms with Crippen molar-refractivity contribution in [2.75, 3.05) is 40.4 Å². The fraction of sp³-hybridized carbons (Fsp3) is 0.540. The first-order valence-electron chi connectivity index (χ1n) is 23.5. The largest absolute Gasteiger partial charge is 0.464 e. The standard InChI is InChI=1S/C50H67N9O7S/c1-12-42(60)57-25-31(6)58(26-30(57)5)49(64)55(10)44(29(3)4)46(61)53-38-23-41-52-39(27-67-41)33-18-19-40-35(22-33)36(45(56(40)13-2)34-16-14-20-51-43(34)32(7)65-11)24-50(8,9)28-66-48(63)37-17-15-21-59(54-37)47(38)62/h12,14,16,18-20,22,27,29-32,37-38,44,54H,1,13,15,17,21,23-26,28H2,2-11H3,(H,53,61)/t30-,31+,32-,37-,38-,44-/m0/s1. The van der Waals surface area contributed by atoms with Crippen molar-refractivity contribution < 1.29 is 33.4 Å². The number of hydrogen-bond acceptors (Lipinski definition) is 11. The van der Waals surface area contributed by atoms with E-state index in [2.05, 4.69) is 66.9 Å². The van der Waals surface area contributed by atoms with Gasteiger partial charge in [-0.05, 0) is 88.8 Å². The van der Waals surface area contributed by atoms with E-state index in [0.29, 0.717) is 43.9 Å². The lowest BCUT2D eigenvalue weighted by molar-refractivity contribution is -0.155. The molecule has 0 radical (unpaired) electrons. The van der Waals surface area contributed by atoms with Crippen LogP contribution in [0.4, 0.5) is 4.79 Å². The number of pyridine rings is 1. The van der Waals surface area contributed by atoms with Crippen LogP contribution in [0, 0.1) is 11.3 Å². The number of piperazine rings is 1. The van der Waals surface area contributed by atoms with Crippen LogP contribution in [-0.2, 0) is 48.0 Å². The molecule has 2 fully saturated rings. The molecule has 2 saturated heterocycles. The summed E-state index contributed by atoms with van der Waals surface area (Å²) < 4.78 is 14.2. The third kappa shape index (κ3) is 10.1. The molecule has 3 aromatic heterocycles. The van der Waals surface area contributed by atoms with Gasteiger partial charge in [-0.15, -0.1) is 11.3 Å². The Labute approximate surface area is 398 Å². The van der Waals surface area contributed by atoms with E-state index >= 15 is 0 Å². The van der Waals surface area contributed by atoms with E-state index < -0.39 is 41.3 Å². The lowest BCUT2D eigenvalue weighted by Gasteiger charge is -2.46. The molecule has 0 unspecified atom stereocenters. The average Bonchev–Trinajstić information content (AvgIpc) is 3.91. The number of benzene rings is 1. The van der Waals surface area contributed by atoms with Crippen LogP contribution >= 0.6 is 11.3 Å². The number of cyclic esters (lactones) is 1. The maximum absolute atomic E-state index is 14.7. The molecular weight excluding hydrogens is 871 g/mol. The van der Waals surface area contributed by atoms with Crippen LogP contribution in [0.2, 0.25) is 0 Å². The third-order valence-electron chi connectivity index (χ3n) is 13.5. The van der Waals surface area contributed by atoms with Crippen LogP contribution in [0.15, 0.2) is 54.6 Å². The Hall–Kier alpha value is -5.65. The predicted molar refractivity (Wildman–Crippen MR) is 259 cm³/mol. The van der Waals surface area contributed by atoms with Gasteiger partial charge in [-0.3, -0.25) is 29.2 Å². The highest BCUT2D eigenvalue weighted by Crippen LogP contribution is 2.42. The van der Waals surface area contributed by atoms with Gasteiger partial charge in [0.25, 0.3) is 5.91 Å². The molecule has 3 aliphatic heterocycles. The maximum Gasteiger partial charge on any atom is 0.324 e. The Morgan fingerprint density at radius 1 is 1.12 bits per heavy atom. The molecule has 0 aliphatic carbocycles. The number of nitrogens with zero attached hydrogens (tertiary/aromatic N) is 7. The Morgan fingerprint density at radius 3 is 2.55 bits per heavy atom. The van der Waals surface area contributed by atoms with E-state index in [-0.39, 0.29) is 55.6 Å². The zero-order chi connectivity index (χ0) is 48.5. The third-order valence-corrected chi connectivity index (χ3v) is 14.3.